The summed E-state index contributed by atoms with van der Waals surface area (Å²) in [6.45, 7) is 3.36. The van der Waals surface area contributed by atoms with Gasteiger partial charge in [0.15, 0.2) is 0 Å². The van der Waals surface area contributed by atoms with E-state index in [0.717, 1.165) is 36.0 Å². The average molecular weight is 272 g/mol. The van der Waals surface area contributed by atoms with Crippen molar-refractivity contribution in [3.8, 4) is 5.75 Å². The maximum Gasteiger partial charge on any atom is 0.136 e. The van der Waals surface area contributed by atoms with E-state index in [2.05, 4.69) is 14.9 Å². The lowest BCUT2D eigenvalue weighted by molar-refractivity contribution is 0.415. The number of aromatic nitrogens is 2. The van der Waals surface area contributed by atoms with Gasteiger partial charge in [-0.25, -0.2) is 9.97 Å². The number of nitrogens with two attached hydrogens (primary N) is 1. The zero-order valence-electron chi connectivity index (χ0n) is 11.9. The van der Waals surface area contributed by atoms with Gasteiger partial charge in [-0.3, -0.25) is 0 Å². The van der Waals surface area contributed by atoms with E-state index < -0.39 is 0 Å². The second-order valence-corrected chi connectivity index (χ2v) is 4.45. The van der Waals surface area contributed by atoms with Gasteiger partial charge in [-0.15, -0.1) is 0 Å². The van der Waals surface area contributed by atoms with Gasteiger partial charge in [-0.2, -0.15) is 0 Å². The molecule has 1 aromatic carbocycles. The fraction of sp³-hybridized carbons (Fsp3) is 0.333. The van der Waals surface area contributed by atoms with Crippen LogP contribution in [0.1, 0.15) is 12.2 Å². The SMILES string of the molecule is COc1ccc(N(CCCN)c2ccnc(C)n2)cc1. The molecule has 2 N–H and O–H groups in total. The van der Waals surface area contributed by atoms with Crippen molar-refractivity contribution >= 4 is 11.5 Å². The Labute approximate surface area is 119 Å². The van der Waals surface area contributed by atoms with Crippen LogP contribution in [0.5, 0.6) is 5.75 Å². The smallest absolute Gasteiger partial charge is 0.136 e. The predicted molar refractivity (Wildman–Crippen MR) is 80.4 cm³/mol. The van der Waals surface area contributed by atoms with E-state index in [4.69, 9.17) is 10.5 Å². The topological polar surface area (TPSA) is 64.3 Å². The van der Waals surface area contributed by atoms with E-state index in [1.54, 1.807) is 13.3 Å². The number of benzene rings is 1. The van der Waals surface area contributed by atoms with Gasteiger partial charge < -0.3 is 15.4 Å². The zero-order chi connectivity index (χ0) is 14.4. The highest BCUT2D eigenvalue weighted by Gasteiger charge is 2.10. The second kappa shape index (κ2) is 6.86. The number of rotatable bonds is 6. The van der Waals surface area contributed by atoms with Crippen LogP contribution in [-0.4, -0.2) is 30.2 Å². The lowest BCUT2D eigenvalue weighted by Gasteiger charge is -2.24. The Balaban J connectivity index is 2.30. The van der Waals surface area contributed by atoms with Crippen molar-refractivity contribution < 1.29 is 4.74 Å². The van der Waals surface area contributed by atoms with Crippen LogP contribution in [0.2, 0.25) is 0 Å². The molecule has 20 heavy (non-hydrogen) atoms. The van der Waals surface area contributed by atoms with E-state index in [1.807, 2.05) is 37.3 Å². The first-order valence-electron chi connectivity index (χ1n) is 6.66. The minimum absolute atomic E-state index is 0.650. The van der Waals surface area contributed by atoms with Crippen LogP contribution in [0, 0.1) is 6.92 Å². The molecule has 0 aliphatic carbocycles. The minimum atomic E-state index is 0.650. The molecular weight excluding hydrogens is 252 g/mol. The fourth-order valence-electron chi connectivity index (χ4n) is 1.98. The molecule has 0 saturated carbocycles. The number of ether oxygens (including phenoxy) is 1. The highest BCUT2D eigenvalue weighted by molar-refractivity contribution is 5.60. The van der Waals surface area contributed by atoms with Crippen LogP contribution < -0.4 is 15.4 Å². The molecule has 0 atom stereocenters. The van der Waals surface area contributed by atoms with Gasteiger partial charge in [0.25, 0.3) is 0 Å². The lowest BCUT2D eigenvalue weighted by Crippen LogP contribution is -2.22. The van der Waals surface area contributed by atoms with Crippen molar-refractivity contribution in [1.29, 1.82) is 0 Å². The summed E-state index contributed by atoms with van der Waals surface area (Å²) in [5.41, 5.74) is 6.70. The van der Waals surface area contributed by atoms with Gasteiger partial charge in [0.2, 0.25) is 0 Å². The third kappa shape index (κ3) is 3.45. The summed E-state index contributed by atoms with van der Waals surface area (Å²) in [7, 11) is 1.66. The Kier molecular flexibility index (Phi) is 4.90. The fourth-order valence-corrected chi connectivity index (χ4v) is 1.98. The average Bonchev–Trinajstić information content (AvgIpc) is 2.48. The van der Waals surface area contributed by atoms with Gasteiger partial charge in [-0.1, -0.05) is 0 Å². The van der Waals surface area contributed by atoms with Crippen molar-refractivity contribution in [2.45, 2.75) is 13.3 Å². The first-order valence-corrected chi connectivity index (χ1v) is 6.66. The summed E-state index contributed by atoms with van der Waals surface area (Å²) in [5, 5.41) is 0. The van der Waals surface area contributed by atoms with Gasteiger partial charge in [0.1, 0.15) is 17.4 Å². The van der Waals surface area contributed by atoms with Crippen molar-refractivity contribution in [1.82, 2.24) is 9.97 Å². The number of nitrogens with zero attached hydrogens (tertiary/aromatic N) is 3. The molecule has 0 aliphatic rings. The normalized spacial score (nSPS) is 10.3. The summed E-state index contributed by atoms with van der Waals surface area (Å²) in [5.74, 6) is 2.48. The molecule has 0 spiro atoms. The quantitative estimate of drug-likeness (QED) is 0.874. The molecule has 5 nitrogen and oxygen atoms in total. The molecular formula is C15H20N4O. The Morgan fingerprint density at radius 3 is 2.55 bits per heavy atom. The molecule has 0 amide bonds. The van der Waals surface area contributed by atoms with Crippen molar-refractivity contribution in [2.75, 3.05) is 25.1 Å². The summed E-state index contributed by atoms with van der Waals surface area (Å²) in [6.07, 6.45) is 2.67. The van der Waals surface area contributed by atoms with Gasteiger partial charge in [0.05, 0.1) is 7.11 Å². The Morgan fingerprint density at radius 1 is 1.20 bits per heavy atom. The first kappa shape index (κ1) is 14.3. The Morgan fingerprint density at radius 2 is 1.95 bits per heavy atom. The third-order valence-electron chi connectivity index (χ3n) is 3.01. The molecule has 0 aliphatic heterocycles. The first-order chi connectivity index (χ1) is 9.74. The van der Waals surface area contributed by atoms with Gasteiger partial charge >= 0.3 is 0 Å². The van der Waals surface area contributed by atoms with Crippen LogP contribution in [0.3, 0.4) is 0 Å². The number of hydrogen-bond acceptors (Lipinski definition) is 5. The summed E-state index contributed by atoms with van der Waals surface area (Å²) < 4.78 is 5.19. The van der Waals surface area contributed by atoms with Crippen LogP contribution in [0.15, 0.2) is 36.5 Å². The highest BCUT2D eigenvalue weighted by Crippen LogP contribution is 2.25. The Hall–Kier alpha value is -2.14. The van der Waals surface area contributed by atoms with Crippen molar-refractivity contribution in [2.24, 2.45) is 5.73 Å². The maximum atomic E-state index is 5.63. The summed E-state index contributed by atoms with van der Waals surface area (Å²) in [6, 6.07) is 9.84. The lowest BCUT2D eigenvalue weighted by atomic mass is 10.2. The van der Waals surface area contributed by atoms with Crippen LogP contribution in [0.4, 0.5) is 11.5 Å². The third-order valence-corrected chi connectivity index (χ3v) is 3.01. The number of anilines is 2. The predicted octanol–water partition coefficient (Wildman–Crippen LogP) is 2.28. The molecule has 1 heterocycles. The Bertz CT molecular complexity index is 542. The van der Waals surface area contributed by atoms with E-state index in [1.165, 1.54) is 0 Å². The molecule has 0 fully saturated rings. The van der Waals surface area contributed by atoms with E-state index in [9.17, 15) is 0 Å². The number of hydrogen-bond donors (Lipinski definition) is 1. The summed E-state index contributed by atoms with van der Waals surface area (Å²) in [4.78, 5) is 10.8. The molecule has 2 aromatic rings. The van der Waals surface area contributed by atoms with E-state index >= 15 is 0 Å². The largest absolute Gasteiger partial charge is 0.497 e. The van der Waals surface area contributed by atoms with Crippen molar-refractivity contribution in [3.63, 3.8) is 0 Å². The molecule has 0 saturated heterocycles. The molecule has 2 rings (SSSR count). The molecule has 0 unspecified atom stereocenters. The highest BCUT2D eigenvalue weighted by atomic mass is 16.5. The molecule has 106 valence electrons. The van der Waals surface area contributed by atoms with Crippen LogP contribution in [-0.2, 0) is 0 Å². The number of aryl methyl sites for hydroxylation is 1. The molecule has 1 aromatic heterocycles. The summed E-state index contributed by atoms with van der Waals surface area (Å²) >= 11 is 0. The van der Waals surface area contributed by atoms with Crippen LogP contribution in [0.25, 0.3) is 0 Å². The molecule has 0 bridgehead atoms. The van der Waals surface area contributed by atoms with E-state index in [0.29, 0.717) is 6.54 Å². The van der Waals surface area contributed by atoms with Gasteiger partial charge in [0, 0.05) is 18.4 Å². The standard InChI is InChI=1S/C15H20N4O/c1-12-17-10-8-15(18-12)19(11-3-9-16)13-4-6-14(20-2)7-5-13/h4-8,10H,3,9,11,16H2,1-2H3. The monoisotopic (exact) mass is 272 g/mol. The zero-order valence-corrected chi connectivity index (χ0v) is 11.9. The minimum Gasteiger partial charge on any atom is -0.497 e. The maximum absolute atomic E-state index is 5.63. The van der Waals surface area contributed by atoms with E-state index in [-0.39, 0.29) is 0 Å². The second-order valence-electron chi connectivity index (χ2n) is 4.45. The van der Waals surface area contributed by atoms with Gasteiger partial charge in [-0.05, 0) is 50.2 Å². The molecule has 5 heteroatoms. The number of methoxy groups -OCH3 is 1. The van der Waals surface area contributed by atoms with Crippen LogP contribution >= 0.6 is 0 Å². The molecule has 0 radical (unpaired) electrons. The van der Waals surface area contributed by atoms with Crippen molar-refractivity contribution in [3.05, 3.63) is 42.4 Å².